The molecule has 72 valence electrons. The van der Waals surface area contributed by atoms with Crippen molar-refractivity contribution in [3.63, 3.8) is 0 Å². The summed E-state index contributed by atoms with van der Waals surface area (Å²) in [4.78, 5) is 2.22. The maximum atomic E-state index is 3.50. The topological polar surface area (TPSA) is 15.3 Å². The Morgan fingerprint density at radius 2 is 2.33 bits per heavy atom. The van der Waals surface area contributed by atoms with E-state index in [0.717, 1.165) is 18.3 Å². The Morgan fingerprint density at radius 1 is 1.50 bits per heavy atom. The largest absolute Gasteiger partial charge is 0.314 e. The summed E-state index contributed by atoms with van der Waals surface area (Å²) in [5, 5.41) is 4.39. The summed E-state index contributed by atoms with van der Waals surface area (Å²) < 4.78 is 0. The molecule has 0 amide bonds. The summed E-state index contributed by atoms with van der Waals surface area (Å²) in [6.45, 7) is 3.49. The smallest absolute Gasteiger partial charge is 0.0172 e. The molecule has 1 fully saturated rings. The summed E-state index contributed by atoms with van der Waals surface area (Å²) in [7, 11) is 4.23. The first-order chi connectivity index (χ1) is 5.79. The Morgan fingerprint density at radius 3 is 2.92 bits per heavy atom. The minimum absolute atomic E-state index is 0.896. The van der Waals surface area contributed by atoms with Crippen LogP contribution >= 0.6 is 11.8 Å². The molecule has 0 spiro atoms. The summed E-state index contributed by atoms with van der Waals surface area (Å²) in [5.74, 6) is 1.38. The Labute approximate surface area is 80.1 Å². The van der Waals surface area contributed by atoms with Crippen molar-refractivity contribution >= 4 is 11.8 Å². The Kier molecular flexibility index (Phi) is 5.04. The SMILES string of the molecule is CN(C)CCNCC1CCCS1. The molecule has 1 N–H and O–H groups in total. The molecule has 0 bridgehead atoms. The van der Waals surface area contributed by atoms with Crippen molar-refractivity contribution in [1.82, 2.24) is 10.2 Å². The zero-order chi connectivity index (χ0) is 8.81. The summed E-state index contributed by atoms with van der Waals surface area (Å²) in [5.41, 5.74) is 0. The zero-order valence-corrected chi connectivity index (χ0v) is 8.99. The summed E-state index contributed by atoms with van der Waals surface area (Å²) in [6.07, 6.45) is 2.84. The van der Waals surface area contributed by atoms with Crippen LogP contribution in [0.1, 0.15) is 12.8 Å². The summed E-state index contributed by atoms with van der Waals surface area (Å²) in [6, 6.07) is 0. The van der Waals surface area contributed by atoms with Gasteiger partial charge >= 0.3 is 0 Å². The third-order valence-electron chi connectivity index (χ3n) is 2.13. The minimum Gasteiger partial charge on any atom is -0.314 e. The fourth-order valence-corrected chi connectivity index (χ4v) is 2.61. The van der Waals surface area contributed by atoms with E-state index in [0.29, 0.717) is 0 Å². The molecule has 0 aromatic heterocycles. The lowest BCUT2D eigenvalue weighted by atomic mass is 10.2. The van der Waals surface area contributed by atoms with Gasteiger partial charge in [-0.15, -0.1) is 0 Å². The van der Waals surface area contributed by atoms with Crippen molar-refractivity contribution in [3.8, 4) is 0 Å². The quantitative estimate of drug-likeness (QED) is 0.649. The van der Waals surface area contributed by atoms with E-state index < -0.39 is 0 Å². The van der Waals surface area contributed by atoms with Crippen LogP contribution in [0, 0.1) is 0 Å². The van der Waals surface area contributed by atoms with Gasteiger partial charge in [0.25, 0.3) is 0 Å². The predicted molar refractivity (Wildman–Crippen MR) is 56.9 cm³/mol. The molecule has 0 saturated carbocycles. The van der Waals surface area contributed by atoms with Crippen LogP contribution in [0.4, 0.5) is 0 Å². The average molecular weight is 188 g/mol. The molecule has 1 atom stereocenters. The molecule has 1 heterocycles. The number of thioether (sulfide) groups is 1. The monoisotopic (exact) mass is 188 g/mol. The molecule has 1 saturated heterocycles. The van der Waals surface area contributed by atoms with Gasteiger partial charge in [-0.05, 0) is 32.7 Å². The lowest BCUT2D eigenvalue weighted by molar-refractivity contribution is 0.400. The van der Waals surface area contributed by atoms with E-state index in [4.69, 9.17) is 0 Å². The first-order valence-electron chi connectivity index (χ1n) is 4.76. The van der Waals surface area contributed by atoms with Crippen LogP contribution in [0.3, 0.4) is 0 Å². The van der Waals surface area contributed by atoms with E-state index in [1.54, 1.807) is 0 Å². The van der Waals surface area contributed by atoms with Crippen LogP contribution in [-0.4, -0.2) is 49.6 Å². The fourth-order valence-electron chi connectivity index (χ4n) is 1.37. The fraction of sp³-hybridized carbons (Fsp3) is 1.00. The minimum atomic E-state index is 0.896. The molecule has 0 aromatic rings. The number of nitrogens with zero attached hydrogens (tertiary/aromatic N) is 1. The van der Waals surface area contributed by atoms with Crippen molar-refractivity contribution in [2.24, 2.45) is 0 Å². The van der Waals surface area contributed by atoms with E-state index in [1.807, 2.05) is 0 Å². The third kappa shape index (κ3) is 4.33. The van der Waals surface area contributed by atoms with Gasteiger partial charge in [-0.2, -0.15) is 11.8 Å². The Bertz CT molecular complexity index is 111. The normalized spacial score (nSPS) is 23.8. The van der Waals surface area contributed by atoms with Gasteiger partial charge in [0.1, 0.15) is 0 Å². The van der Waals surface area contributed by atoms with Gasteiger partial charge in [0.05, 0.1) is 0 Å². The van der Waals surface area contributed by atoms with E-state index in [-0.39, 0.29) is 0 Å². The first kappa shape index (κ1) is 10.4. The second kappa shape index (κ2) is 5.84. The van der Waals surface area contributed by atoms with Gasteiger partial charge in [0.15, 0.2) is 0 Å². The van der Waals surface area contributed by atoms with Crippen molar-refractivity contribution < 1.29 is 0 Å². The lowest BCUT2D eigenvalue weighted by Crippen LogP contribution is -2.30. The highest BCUT2D eigenvalue weighted by Gasteiger charge is 2.14. The summed E-state index contributed by atoms with van der Waals surface area (Å²) >= 11 is 2.13. The van der Waals surface area contributed by atoms with Crippen LogP contribution in [0.25, 0.3) is 0 Å². The number of likely N-dealkylation sites (N-methyl/N-ethyl adjacent to an activating group) is 1. The molecule has 0 aliphatic carbocycles. The van der Waals surface area contributed by atoms with Gasteiger partial charge in [-0.25, -0.2) is 0 Å². The van der Waals surface area contributed by atoms with E-state index in [2.05, 4.69) is 36.1 Å². The highest BCUT2D eigenvalue weighted by Crippen LogP contribution is 2.24. The van der Waals surface area contributed by atoms with Gasteiger partial charge < -0.3 is 10.2 Å². The molecule has 3 heteroatoms. The van der Waals surface area contributed by atoms with Crippen LogP contribution in [0.15, 0.2) is 0 Å². The highest BCUT2D eigenvalue weighted by molar-refractivity contribution is 8.00. The average Bonchev–Trinajstić information content (AvgIpc) is 2.49. The Balaban J connectivity index is 1.88. The molecule has 2 nitrogen and oxygen atoms in total. The molecule has 12 heavy (non-hydrogen) atoms. The van der Waals surface area contributed by atoms with Crippen LogP contribution in [-0.2, 0) is 0 Å². The molecule has 1 unspecified atom stereocenters. The molecule has 1 aliphatic heterocycles. The molecular formula is C9H20N2S. The number of hydrogen-bond donors (Lipinski definition) is 1. The van der Waals surface area contributed by atoms with Crippen LogP contribution < -0.4 is 5.32 Å². The molecule has 0 aromatic carbocycles. The maximum absolute atomic E-state index is 3.50. The predicted octanol–water partition coefficient (Wildman–Crippen LogP) is 1.03. The van der Waals surface area contributed by atoms with E-state index >= 15 is 0 Å². The van der Waals surface area contributed by atoms with Crippen LogP contribution in [0.2, 0.25) is 0 Å². The van der Waals surface area contributed by atoms with E-state index in [1.165, 1.54) is 25.1 Å². The second-order valence-electron chi connectivity index (χ2n) is 3.64. The van der Waals surface area contributed by atoms with Crippen molar-refractivity contribution in [2.45, 2.75) is 18.1 Å². The van der Waals surface area contributed by atoms with Crippen molar-refractivity contribution in [1.29, 1.82) is 0 Å². The van der Waals surface area contributed by atoms with Gasteiger partial charge in [0.2, 0.25) is 0 Å². The highest BCUT2D eigenvalue weighted by atomic mass is 32.2. The first-order valence-corrected chi connectivity index (χ1v) is 5.81. The third-order valence-corrected chi connectivity index (χ3v) is 3.53. The van der Waals surface area contributed by atoms with Gasteiger partial charge in [-0.1, -0.05) is 0 Å². The van der Waals surface area contributed by atoms with Crippen molar-refractivity contribution in [3.05, 3.63) is 0 Å². The molecular weight excluding hydrogens is 168 g/mol. The van der Waals surface area contributed by atoms with E-state index in [9.17, 15) is 0 Å². The molecule has 1 aliphatic rings. The van der Waals surface area contributed by atoms with Crippen molar-refractivity contribution in [2.75, 3.05) is 39.5 Å². The lowest BCUT2D eigenvalue weighted by Gasteiger charge is -2.12. The number of nitrogens with one attached hydrogen (secondary N) is 1. The second-order valence-corrected chi connectivity index (χ2v) is 5.05. The molecule has 1 rings (SSSR count). The van der Waals surface area contributed by atoms with Crippen LogP contribution in [0.5, 0.6) is 0 Å². The van der Waals surface area contributed by atoms with Gasteiger partial charge in [0, 0.05) is 24.9 Å². The standard InChI is InChI=1S/C9H20N2S/c1-11(2)6-5-10-8-9-4-3-7-12-9/h9-10H,3-8H2,1-2H3. The zero-order valence-electron chi connectivity index (χ0n) is 8.18. The molecule has 0 radical (unpaired) electrons. The maximum Gasteiger partial charge on any atom is 0.0172 e. The number of hydrogen-bond acceptors (Lipinski definition) is 3. The number of rotatable bonds is 5. The van der Waals surface area contributed by atoms with Gasteiger partial charge in [-0.3, -0.25) is 0 Å². The Hall–Kier alpha value is 0.270.